The summed E-state index contributed by atoms with van der Waals surface area (Å²) in [5, 5.41) is 0.415. The Morgan fingerprint density at radius 3 is 2.27 bits per heavy atom. The SMILES string of the molecule is COc1ccc(N2C(=O)/C(=C/c3ccc(OCCOc4ccccc4)cc3)SC2=S)cc1Cl. The van der Waals surface area contributed by atoms with Gasteiger partial charge < -0.3 is 14.2 Å². The van der Waals surface area contributed by atoms with Crippen LogP contribution in [0, 0.1) is 0 Å². The van der Waals surface area contributed by atoms with Gasteiger partial charge in [0.25, 0.3) is 5.91 Å². The van der Waals surface area contributed by atoms with E-state index in [2.05, 4.69) is 0 Å². The third-order valence-corrected chi connectivity index (χ3v) is 6.33. The fourth-order valence-electron chi connectivity index (χ4n) is 3.13. The Bertz CT molecular complexity index is 1180. The molecule has 8 heteroatoms. The number of amides is 1. The van der Waals surface area contributed by atoms with Crippen molar-refractivity contribution in [2.24, 2.45) is 0 Å². The monoisotopic (exact) mass is 497 g/mol. The van der Waals surface area contributed by atoms with Crippen LogP contribution in [0.2, 0.25) is 5.02 Å². The highest BCUT2D eigenvalue weighted by Crippen LogP contribution is 2.38. The number of benzene rings is 3. The maximum absolute atomic E-state index is 13.0. The van der Waals surface area contributed by atoms with Crippen LogP contribution in [0.15, 0.2) is 77.7 Å². The van der Waals surface area contributed by atoms with E-state index in [1.807, 2.05) is 60.7 Å². The minimum Gasteiger partial charge on any atom is -0.495 e. The highest BCUT2D eigenvalue weighted by Gasteiger charge is 2.33. The lowest BCUT2D eigenvalue weighted by atomic mass is 10.2. The number of anilines is 1. The van der Waals surface area contributed by atoms with Crippen molar-refractivity contribution < 1.29 is 19.0 Å². The number of carbonyl (C=O) groups excluding carboxylic acids is 1. The number of hydrogen-bond donors (Lipinski definition) is 0. The first kappa shape index (κ1) is 23.2. The van der Waals surface area contributed by atoms with Crippen LogP contribution in [-0.4, -0.2) is 30.6 Å². The molecule has 1 amide bonds. The molecule has 0 N–H and O–H groups in total. The Balaban J connectivity index is 1.37. The van der Waals surface area contributed by atoms with Gasteiger partial charge in [-0.05, 0) is 54.1 Å². The number of hydrogen-bond acceptors (Lipinski definition) is 6. The molecule has 0 aromatic heterocycles. The molecular formula is C25H20ClNO4S2. The second kappa shape index (κ2) is 10.7. The number of thioether (sulfide) groups is 1. The van der Waals surface area contributed by atoms with Gasteiger partial charge in [0.05, 0.1) is 22.7 Å². The number of methoxy groups -OCH3 is 1. The summed E-state index contributed by atoms with van der Waals surface area (Å²) in [7, 11) is 1.54. The molecule has 4 rings (SSSR count). The van der Waals surface area contributed by atoms with Crippen LogP contribution in [0.1, 0.15) is 5.56 Å². The summed E-state index contributed by atoms with van der Waals surface area (Å²) >= 11 is 12.9. The molecule has 1 heterocycles. The van der Waals surface area contributed by atoms with Crippen LogP contribution in [0.3, 0.4) is 0 Å². The summed E-state index contributed by atoms with van der Waals surface area (Å²) < 4.78 is 17.0. The maximum Gasteiger partial charge on any atom is 0.270 e. The minimum atomic E-state index is -0.190. The fourth-order valence-corrected chi connectivity index (χ4v) is 4.68. The van der Waals surface area contributed by atoms with E-state index < -0.39 is 0 Å². The third kappa shape index (κ3) is 5.68. The number of rotatable bonds is 8. The van der Waals surface area contributed by atoms with Crippen molar-refractivity contribution in [1.29, 1.82) is 0 Å². The highest BCUT2D eigenvalue weighted by atomic mass is 35.5. The lowest BCUT2D eigenvalue weighted by molar-refractivity contribution is -0.113. The Labute approximate surface area is 206 Å². The lowest BCUT2D eigenvalue weighted by Crippen LogP contribution is -2.27. The number of nitrogens with zero attached hydrogens (tertiary/aromatic N) is 1. The quantitative estimate of drug-likeness (QED) is 0.209. The Morgan fingerprint density at radius 1 is 0.970 bits per heavy atom. The van der Waals surface area contributed by atoms with E-state index in [1.165, 1.54) is 23.8 Å². The molecule has 168 valence electrons. The molecule has 5 nitrogen and oxygen atoms in total. The van der Waals surface area contributed by atoms with Gasteiger partial charge in [-0.3, -0.25) is 9.69 Å². The van der Waals surface area contributed by atoms with Gasteiger partial charge >= 0.3 is 0 Å². The van der Waals surface area contributed by atoms with Gasteiger partial charge in [-0.15, -0.1) is 0 Å². The van der Waals surface area contributed by atoms with E-state index in [9.17, 15) is 4.79 Å². The van der Waals surface area contributed by atoms with E-state index in [4.69, 9.17) is 38.0 Å². The van der Waals surface area contributed by atoms with Gasteiger partial charge in [0.2, 0.25) is 0 Å². The summed E-state index contributed by atoms with van der Waals surface area (Å²) in [6.45, 7) is 0.876. The van der Waals surface area contributed by atoms with Crippen LogP contribution < -0.4 is 19.1 Å². The molecule has 33 heavy (non-hydrogen) atoms. The summed E-state index contributed by atoms with van der Waals surface area (Å²) in [6, 6.07) is 22.2. The summed E-state index contributed by atoms with van der Waals surface area (Å²) in [6.07, 6.45) is 1.81. The average Bonchev–Trinajstić information content (AvgIpc) is 3.11. The second-order valence-corrected chi connectivity index (χ2v) is 9.00. The molecule has 0 unspecified atom stereocenters. The van der Waals surface area contributed by atoms with Gasteiger partial charge in [-0.2, -0.15) is 0 Å². The van der Waals surface area contributed by atoms with Crippen molar-refractivity contribution in [2.45, 2.75) is 0 Å². The van der Waals surface area contributed by atoms with Crippen LogP contribution in [0.5, 0.6) is 17.2 Å². The first-order valence-corrected chi connectivity index (χ1v) is 11.7. The van der Waals surface area contributed by atoms with Gasteiger partial charge in [0, 0.05) is 0 Å². The van der Waals surface area contributed by atoms with Gasteiger partial charge in [0.15, 0.2) is 4.32 Å². The van der Waals surface area contributed by atoms with Crippen LogP contribution in [0.4, 0.5) is 5.69 Å². The summed E-state index contributed by atoms with van der Waals surface area (Å²) in [5.74, 6) is 1.88. The first-order chi connectivity index (χ1) is 16.0. The van der Waals surface area contributed by atoms with Crippen molar-refractivity contribution in [3.05, 3.63) is 88.3 Å². The predicted octanol–water partition coefficient (Wildman–Crippen LogP) is 6.21. The normalized spacial score (nSPS) is 14.6. The van der Waals surface area contributed by atoms with E-state index in [1.54, 1.807) is 18.2 Å². The zero-order chi connectivity index (χ0) is 23.2. The molecule has 3 aromatic carbocycles. The standard InChI is InChI=1S/C25H20ClNO4S2/c1-29-22-12-9-18(16-21(22)26)27-24(28)23(33-25(27)32)15-17-7-10-20(11-8-17)31-14-13-30-19-5-3-2-4-6-19/h2-12,15-16H,13-14H2,1H3/b23-15-. The molecule has 0 radical (unpaired) electrons. The molecule has 0 spiro atoms. The molecular weight excluding hydrogens is 478 g/mol. The number of halogens is 1. The number of ether oxygens (including phenoxy) is 3. The molecule has 1 saturated heterocycles. The molecule has 1 aliphatic heterocycles. The van der Waals surface area contributed by atoms with E-state index in [0.29, 0.717) is 38.9 Å². The Morgan fingerprint density at radius 2 is 1.64 bits per heavy atom. The topological polar surface area (TPSA) is 48.0 Å². The van der Waals surface area contributed by atoms with Gasteiger partial charge in [-0.25, -0.2) is 0 Å². The third-order valence-electron chi connectivity index (χ3n) is 4.73. The summed E-state index contributed by atoms with van der Waals surface area (Å²) in [5.41, 5.74) is 1.48. The Kier molecular flexibility index (Phi) is 7.54. The van der Waals surface area contributed by atoms with Crippen LogP contribution in [-0.2, 0) is 4.79 Å². The molecule has 0 atom stereocenters. The second-order valence-electron chi connectivity index (χ2n) is 6.91. The highest BCUT2D eigenvalue weighted by molar-refractivity contribution is 8.27. The molecule has 0 saturated carbocycles. The average molecular weight is 498 g/mol. The lowest BCUT2D eigenvalue weighted by Gasteiger charge is -2.15. The largest absolute Gasteiger partial charge is 0.495 e. The fraction of sp³-hybridized carbons (Fsp3) is 0.120. The zero-order valence-corrected chi connectivity index (χ0v) is 20.1. The molecule has 0 bridgehead atoms. The van der Waals surface area contributed by atoms with Crippen molar-refractivity contribution in [2.75, 3.05) is 25.2 Å². The number of carbonyl (C=O) groups is 1. The van der Waals surface area contributed by atoms with Crippen LogP contribution >= 0.6 is 35.6 Å². The minimum absolute atomic E-state index is 0.190. The Hall–Kier alpha value is -3.00. The van der Waals surface area contributed by atoms with Crippen molar-refractivity contribution in [1.82, 2.24) is 0 Å². The van der Waals surface area contributed by atoms with Crippen molar-refractivity contribution in [3.8, 4) is 17.2 Å². The molecule has 0 aliphatic carbocycles. The predicted molar refractivity (Wildman–Crippen MR) is 138 cm³/mol. The molecule has 1 fully saturated rings. The van der Waals surface area contributed by atoms with Crippen molar-refractivity contribution >= 4 is 57.6 Å². The summed E-state index contributed by atoms with van der Waals surface area (Å²) in [4.78, 5) is 15.0. The van der Waals surface area contributed by atoms with Gasteiger partial charge in [0.1, 0.15) is 30.5 Å². The first-order valence-electron chi connectivity index (χ1n) is 10.1. The number of para-hydroxylation sites is 1. The van der Waals surface area contributed by atoms with E-state index in [0.717, 1.165) is 17.1 Å². The van der Waals surface area contributed by atoms with Crippen LogP contribution in [0.25, 0.3) is 6.08 Å². The van der Waals surface area contributed by atoms with Crippen molar-refractivity contribution in [3.63, 3.8) is 0 Å². The molecule has 3 aromatic rings. The van der Waals surface area contributed by atoms with Gasteiger partial charge in [-0.1, -0.05) is 65.9 Å². The smallest absolute Gasteiger partial charge is 0.270 e. The maximum atomic E-state index is 13.0. The van der Waals surface area contributed by atoms with E-state index >= 15 is 0 Å². The zero-order valence-electron chi connectivity index (χ0n) is 17.7. The molecule has 1 aliphatic rings. The number of thiocarbonyl (C=S) groups is 1. The van der Waals surface area contributed by atoms with E-state index in [-0.39, 0.29) is 5.91 Å².